The van der Waals surface area contributed by atoms with Crippen LogP contribution in [0.2, 0.25) is 5.02 Å². The first-order valence-corrected chi connectivity index (χ1v) is 7.50. The van der Waals surface area contributed by atoms with Crippen LogP contribution in [0, 0.1) is 6.92 Å². The van der Waals surface area contributed by atoms with Gasteiger partial charge >= 0.3 is 0 Å². The lowest BCUT2D eigenvalue weighted by atomic mass is 10.1. The minimum absolute atomic E-state index is 0.0240. The molecule has 2 aromatic rings. The van der Waals surface area contributed by atoms with Gasteiger partial charge in [0.2, 0.25) is 0 Å². The van der Waals surface area contributed by atoms with Crippen molar-refractivity contribution in [2.24, 2.45) is 0 Å². The van der Waals surface area contributed by atoms with E-state index in [1.807, 2.05) is 25.1 Å². The zero-order valence-corrected chi connectivity index (χ0v) is 12.0. The Morgan fingerprint density at radius 1 is 1.16 bits per heavy atom. The van der Waals surface area contributed by atoms with E-state index in [0.29, 0.717) is 15.5 Å². The van der Waals surface area contributed by atoms with Crippen LogP contribution in [0.5, 0.6) is 0 Å². The first-order valence-electron chi connectivity index (χ1n) is 5.80. The number of Topliss-reactive ketones (excluding diaryl/α,β-unsaturated/α-hetero) is 1. The van der Waals surface area contributed by atoms with Crippen LogP contribution in [0.15, 0.2) is 53.4 Å². The topological polar surface area (TPSA) is 34.1 Å². The molecule has 0 amide bonds. The minimum atomic E-state index is -1.32. The fraction of sp³-hybridized carbons (Fsp3) is 0.133. The summed E-state index contributed by atoms with van der Waals surface area (Å²) >= 11 is 5.84. The fourth-order valence-corrected chi connectivity index (χ4v) is 3.01. The molecule has 1 atom stereocenters. The van der Waals surface area contributed by atoms with Gasteiger partial charge in [-0.3, -0.25) is 9.00 Å². The van der Waals surface area contributed by atoms with Gasteiger partial charge in [-0.25, -0.2) is 0 Å². The van der Waals surface area contributed by atoms with Crippen molar-refractivity contribution in [3.8, 4) is 0 Å². The van der Waals surface area contributed by atoms with Crippen LogP contribution >= 0.6 is 11.6 Å². The van der Waals surface area contributed by atoms with Crippen molar-refractivity contribution in [2.45, 2.75) is 11.8 Å². The number of carbonyl (C=O) groups excluding carboxylic acids is 1. The van der Waals surface area contributed by atoms with Crippen molar-refractivity contribution in [1.29, 1.82) is 0 Å². The highest BCUT2D eigenvalue weighted by Gasteiger charge is 2.12. The third kappa shape index (κ3) is 3.75. The van der Waals surface area contributed by atoms with Gasteiger partial charge < -0.3 is 0 Å². The Morgan fingerprint density at radius 2 is 1.89 bits per heavy atom. The van der Waals surface area contributed by atoms with Crippen LogP contribution < -0.4 is 0 Å². The van der Waals surface area contributed by atoms with Crippen molar-refractivity contribution in [3.63, 3.8) is 0 Å². The highest BCUT2D eigenvalue weighted by Crippen LogP contribution is 2.14. The van der Waals surface area contributed by atoms with Gasteiger partial charge in [0.1, 0.15) is 0 Å². The van der Waals surface area contributed by atoms with Gasteiger partial charge in [0.05, 0.1) is 16.6 Å². The average Bonchev–Trinajstić information content (AvgIpc) is 2.38. The second-order valence-corrected chi connectivity index (χ2v) is 6.13. The van der Waals surface area contributed by atoms with Gasteiger partial charge in [0.25, 0.3) is 0 Å². The first-order chi connectivity index (χ1) is 9.06. The highest BCUT2D eigenvalue weighted by molar-refractivity contribution is 7.85. The average molecular weight is 293 g/mol. The maximum absolute atomic E-state index is 12.1. The molecule has 0 aliphatic rings. The summed E-state index contributed by atoms with van der Waals surface area (Å²) in [5, 5.41) is 0.507. The lowest BCUT2D eigenvalue weighted by Crippen LogP contribution is -2.11. The quantitative estimate of drug-likeness (QED) is 0.806. The number of halogens is 1. The molecule has 0 aliphatic heterocycles. The maximum atomic E-state index is 12.1. The lowest BCUT2D eigenvalue weighted by Gasteiger charge is -2.03. The Morgan fingerprint density at radius 3 is 2.58 bits per heavy atom. The van der Waals surface area contributed by atoms with Crippen molar-refractivity contribution in [2.75, 3.05) is 5.75 Å². The highest BCUT2D eigenvalue weighted by atomic mass is 35.5. The Hall–Kier alpha value is -1.45. The molecule has 2 aromatic carbocycles. The summed E-state index contributed by atoms with van der Waals surface area (Å²) < 4.78 is 12.1. The van der Waals surface area contributed by atoms with Gasteiger partial charge in [-0.05, 0) is 36.8 Å². The fourth-order valence-electron chi connectivity index (χ4n) is 1.70. The standard InChI is InChI=1S/C15H13ClO2S/c1-11-4-2-7-14(8-11)19(18)10-15(17)12-5-3-6-13(16)9-12/h2-9H,10H2,1H3. The number of hydrogen-bond donors (Lipinski definition) is 0. The van der Waals surface area contributed by atoms with E-state index in [9.17, 15) is 9.00 Å². The molecule has 0 aromatic heterocycles. The van der Waals surface area contributed by atoms with Gasteiger partial charge in [-0.2, -0.15) is 0 Å². The molecule has 0 spiro atoms. The lowest BCUT2D eigenvalue weighted by molar-refractivity contribution is 0.102. The van der Waals surface area contributed by atoms with Crippen LogP contribution in [0.4, 0.5) is 0 Å². The Labute approximate surface area is 119 Å². The van der Waals surface area contributed by atoms with E-state index < -0.39 is 10.8 Å². The molecule has 1 unspecified atom stereocenters. The number of carbonyl (C=O) groups is 1. The predicted octanol–water partition coefficient (Wildman–Crippen LogP) is 3.64. The molecule has 19 heavy (non-hydrogen) atoms. The molecule has 98 valence electrons. The third-order valence-corrected chi connectivity index (χ3v) is 4.20. The van der Waals surface area contributed by atoms with Crippen molar-refractivity contribution >= 4 is 28.2 Å². The molecule has 0 radical (unpaired) electrons. The summed E-state index contributed by atoms with van der Waals surface area (Å²) in [6, 6.07) is 14.1. The van der Waals surface area contributed by atoms with Crippen molar-refractivity contribution < 1.29 is 9.00 Å². The van der Waals surface area contributed by atoms with E-state index in [-0.39, 0.29) is 11.5 Å². The summed E-state index contributed by atoms with van der Waals surface area (Å²) in [7, 11) is -1.32. The van der Waals surface area contributed by atoms with Crippen molar-refractivity contribution in [3.05, 3.63) is 64.7 Å². The summed E-state index contributed by atoms with van der Waals surface area (Å²) in [6.45, 7) is 1.93. The molecule has 0 heterocycles. The SMILES string of the molecule is Cc1cccc(S(=O)CC(=O)c2cccc(Cl)c2)c1. The predicted molar refractivity (Wildman–Crippen MR) is 78.2 cm³/mol. The Balaban J connectivity index is 2.13. The second kappa shape index (κ2) is 6.13. The molecular formula is C15H13ClO2S. The van der Waals surface area contributed by atoms with Gasteiger partial charge in [-0.15, -0.1) is 0 Å². The second-order valence-electron chi connectivity index (χ2n) is 4.24. The minimum Gasteiger partial charge on any atom is -0.293 e. The van der Waals surface area contributed by atoms with E-state index in [0.717, 1.165) is 5.56 Å². The van der Waals surface area contributed by atoms with Crippen LogP contribution in [-0.2, 0) is 10.8 Å². The normalized spacial score (nSPS) is 12.1. The smallest absolute Gasteiger partial charge is 0.175 e. The molecule has 4 heteroatoms. The number of rotatable bonds is 4. The Kier molecular flexibility index (Phi) is 4.51. The molecule has 0 saturated heterocycles. The number of hydrogen-bond acceptors (Lipinski definition) is 2. The van der Waals surface area contributed by atoms with Crippen LogP contribution in [-0.4, -0.2) is 15.7 Å². The summed E-state index contributed by atoms with van der Waals surface area (Å²) in [6.07, 6.45) is 0. The summed E-state index contributed by atoms with van der Waals surface area (Å²) in [4.78, 5) is 12.7. The first kappa shape index (κ1) is 14.0. The molecule has 0 saturated carbocycles. The van der Waals surface area contributed by atoms with E-state index in [1.165, 1.54) is 0 Å². The van der Waals surface area contributed by atoms with E-state index in [1.54, 1.807) is 30.3 Å². The molecule has 0 fully saturated rings. The third-order valence-electron chi connectivity index (χ3n) is 2.66. The van der Waals surface area contributed by atoms with Crippen LogP contribution in [0.1, 0.15) is 15.9 Å². The van der Waals surface area contributed by atoms with Gasteiger partial charge in [0.15, 0.2) is 5.78 Å². The molecule has 2 nitrogen and oxygen atoms in total. The monoisotopic (exact) mass is 292 g/mol. The molecule has 0 aliphatic carbocycles. The summed E-state index contributed by atoms with van der Waals surface area (Å²) in [5.74, 6) is -0.189. The van der Waals surface area contributed by atoms with Crippen LogP contribution in [0.25, 0.3) is 0 Å². The van der Waals surface area contributed by atoms with E-state index in [4.69, 9.17) is 11.6 Å². The van der Waals surface area contributed by atoms with Crippen LogP contribution in [0.3, 0.4) is 0 Å². The Bertz CT molecular complexity index is 582. The maximum Gasteiger partial charge on any atom is 0.175 e. The molecule has 0 N–H and O–H groups in total. The molecule has 0 bridgehead atoms. The van der Waals surface area contributed by atoms with E-state index in [2.05, 4.69) is 0 Å². The number of ketones is 1. The molecule has 2 rings (SSSR count). The molecular weight excluding hydrogens is 280 g/mol. The zero-order chi connectivity index (χ0) is 13.8. The zero-order valence-electron chi connectivity index (χ0n) is 10.4. The number of benzene rings is 2. The largest absolute Gasteiger partial charge is 0.293 e. The van der Waals surface area contributed by atoms with E-state index >= 15 is 0 Å². The summed E-state index contributed by atoms with van der Waals surface area (Å²) in [5.41, 5.74) is 1.52. The van der Waals surface area contributed by atoms with Gasteiger partial charge in [-0.1, -0.05) is 35.9 Å². The van der Waals surface area contributed by atoms with Crippen molar-refractivity contribution in [1.82, 2.24) is 0 Å². The van der Waals surface area contributed by atoms with Gasteiger partial charge in [0, 0.05) is 15.5 Å². The number of aryl methyl sites for hydroxylation is 1.